The molecule has 30 heavy (non-hydrogen) atoms. The largest absolute Gasteiger partial charge is 0.382 e. The number of halogens is 1. The number of aromatic nitrogens is 5. The molecule has 1 spiro atoms. The third-order valence-electron chi connectivity index (χ3n) is 6.11. The Balaban J connectivity index is 1.26. The topological polar surface area (TPSA) is 120 Å². The summed E-state index contributed by atoms with van der Waals surface area (Å²) in [6, 6.07) is 5.92. The van der Waals surface area contributed by atoms with Crippen LogP contribution in [0.25, 0.3) is 0 Å². The maximum atomic E-state index is 6.63. The highest BCUT2D eigenvalue weighted by Crippen LogP contribution is 2.50. The molecule has 4 N–H and O–H groups in total. The third kappa shape index (κ3) is 3.36. The van der Waals surface area contributed by atoms with Gasteiger partial charge < -0.3 is 16.4 Å². The molecular formula is C20H21ClN8S. The van der Waals surface area contributed by atoms with Gasteiger partial charge in [0.25, 0.3) is 0 Å². The zero-order valence-electron chi connectivity index (χ0n) is 16.2. The van der Waals surface area contributed by atoms with Crippen molar-refractivity contribution in [2.75, 3.05) is 23.7 Å². The van der Waals surface area contributed by atoms with Gasteiger partial charge in [-0.3, -0.25) is 4.98 Å². The van der Waals surface area contributed by atoms with E-state index >= 15 is 0 Å². The van der Waals surface area contributed by atoms with Crippen LogP contribution >= 0.6 is 23.4 Å². The Morgan fingerprint density at radius 3 is 2.67 bits per heavy atom. The molecule has 1 fully saturated rings. The molecule has 1 atom stereocenters. The maximum absolute atomic E-state index is 6.63. The molecule has 3 aromatic heterocycles. The van der Waals surface area contributed by atoms with Crippen LogP contribution in [0.15, 0.2) is 46.7 Å². The van der Waals surface area contributed by atoms with Crippen LogP contribution in [0.4, 0.5) is 11.8 Å². The Labute approximate surface area is 183 Å². The molecule has 0 amide bonds. The lowest BCUT2D eigenvalue weighted by molar-refractivity contribution is 0.186. The molecule has 0 saturated carbocycles. The molecule has 5 rings (SSSR count). The Morgan fingerprint density at radius 2 is 1.93 bits per heavy atom. The van der Waals surface area contributed by atoms with E-state index < -0.39 is 0 Å². The summed E-state index contributed by atoms with van der Waals surface area (Å²) in [5.41, 5.74) is 14.8. The predicted molar refractivity (Wildman–Crippen MR) is 116 cm³/mol. The molecule has 8 nitrogen and oxygen atoms in total. The van der Waals surface area contributed by atoms with Gasteiger partial charge >= 0.3 is 0 Å². The van der Waals surface area contributed by atoms with Gasteiger partial charge in [-0.2, -0.15) is 0 Å². The summed E-state index contributed by atoms with van der Waals surface area (Å²) in [7, 11) is 0. The van der Waals surface area contributed by atoms with Crippen LogP contribution in [0.3, 0.4) is 0 Å². The van der Waals surface area contributed by atoms with Crippen molar-refractivity contribution < 1.29 is 0 Å². The lowest BCUT2D eigenvalue weighted by Gasteiger charge is -2.41. The second-order valence-electron chi connectivity index (χ2n) is 7.75. The Bertz CT molecular complexity index is 1070. The number of anilines is 2. The fourth-order valence-corrected chi connectivity index (χ4v) is 5.34. The monoisotopic (exact) mass is 440 g/mol. The maximum Gasteiger partial charge on any atom is 0.245 e. The van der Waals surface area contributed by atoms with Crippen molar-refractivity contribution in [2.24, 2.45) is 11.1 Å². The number of piperidine rings is 1. The molecule has 0 radical (unpaired) electrons. The molecule has 154 valence electrons. The van der Waals surface area contributed by atoms with E-state index in [9.17, 15) is 0 Å². The smallest absolute Gasteiger partial charge is 0.245 e. The normalized spacial score (nSPS) is 19.8. The first-order valence-electron chi connectivity index (χ1n) is 9.78. The molecule has 1 saturated heterocycles. The van der Waals surface area contributed by atoms with Gasteiger partial charge in [-0.1, -0.05) is 29.4 Å². The molecule has 10 heteroatoms. The van der Waals surface area contributed by atoms with E-state index in [4.69, 9.17) is 23.1 Å². The first kappa shape index (κ1) is 19.5. The summed E-state index contributed by atoms with van der Waals surface area (Å²) in [6.07, 6.45) is 8.09. The van der Waals surface area contributed by atoms with Crippen LogP contribution in [-0.2, 0) is 6.42 Å². The van der Waals surface area contributed by atoms with Crippen molar-refractivity contribution in [3.63, 3.8) is 0 Å². The van der Waals surface area contributed by atoms with Crippen LogP contribution in [0.2, 0.25) is 5.02 Å². The minimum atomic E-state index is 0.0405. The molecule has 1 aliphatic heterocycles. The van der Waals surface area contributed by atoms with Gasteiger partial charge in [-0.05, 0) is 42.4 Å². The number of fused-ring (bicyclic) bond motifs is 1. The van der Waals surface area contributed by atoms with Crippen LogP contribution in [-0.4, -0.2) is 38.2 Å². The summed E-state index contributed by atoms with van der Waals surface area (Å²) < 4.78 is 0. The SMILES string of the molecule is Nc1nccc(Sc2cnc(N3CCC4(CC3)Cc3ncccc3[C@H]4N)nn2)c1Cl. The van der Waals surface area contributed by atoms with E-state index in [0.717, 1.165) is 42.9 Å². The molecule has 0 bridgehead atoms. The van der Waals surface area contributed by atoms with E-state index in [0.29, 0.717) is 21.8 Å². The fraction of sp³-hybridized carbons (Fsp3) is 0.350. The van der Waals surface area contributed by atoms with E-state index in [1.54, 1.807) is 18.5 Å². The molecule has 3 aromatic rings. The van der Waals surface area contributed by atoms with Crippen LogP contribution < -0.4 is 16.4 Å². The summed E-state index contributed by atoms with van der Waals surface area (Å²) in [5, 5.41) is 9.71. The second kappa shape index (κ2) is 7.64. The lowest BCUT2D eigenvalue weighted by Crippen LogP contribution is -2.45. The number of nitrogens with two attached hydrogens (primary N) is 2. The van der Waals surface area contributed by atoms with Crippen LogP contribution in [0, 0.1) is 5.41 Å². The zero-order valence-corrected chi connectivity index (χ0v) is 17.8. The van der Waals surface area contributed by atoms with Gasteiger partial charge in [0.1, 0.15) is 10.8 Å². The standard InChI is InChI=1S/C20H21ClN8S/c21-16-14(3-7-25-18(16)23)30-15-11-26-19(28-27-15)29-8-4-20(5-9-29)10-13-12(17(20)22)2-1-6-24-13/h1-3,6-7,11,17H,4-5,8-10,22H2,(H2,23,25)/t17-/m1/s1. The highest BCUT2D eigenvalue weighted by molar-refractivity contribution is 7.99. The number of pyridine rings is 2. The molecule has 0 aromatic carbocycles. The number of hydrogen-bond acceptors (Lipinski definition) is 9. The highest BCUT2D eigenvalue weighted by Gasteiger charge is 2.46. The Hall–Kier alpha value is -2.49. The predicted octanol–water partition coefficient (Wildman–Crippen LogP) is 2.89. The Morgan fingerprint density at radius 1 is 1.10 bits per heavy atom. The van der Waals surface area contributed by atoms with E-state index in [2.05, 4.69) is 36.1 Å². The van der Waals surface area contributed by atoms with Gasteiger partial charge in [0.15, 0.2) is 0 Å². The van der Waals surface area contributed by atoms with Crippen molar-refractivity contribution in [3.05, 3.63) is 53.1 Å². The zero-order chi connectivity index (χ0) is 20.7. The molecule has 1 aliphatic carbocycles. The molecule has 0 unspecified atom stereocenters. The lowest BCUT2D eigenvalue weighted by atomic mass is 9.73. The summed E-state index contributed by atoms with van der Waals surface area (Å²) in [4.78, 5) is 16.0. The van der Waals surface area contributed by atoms with Crippen molar-refractivity contribution in [1.82, 2.24) is 25.1 Å². The summed E-state index contributed by atoms with van der Waals surface area (Å²) >= 11 is 7.56. The minimum absolute atomic E-state index is 0.0405. The number of nitrogens with zero attached hydrogens (tertiary/aromatic N) is 6. The molecule has 4 heterocycles. The number of nitrogen functional groups attached to an aromatic ring is 1. The van der Waals surface area contributed by atoms with Gasteiger partial charge in [0.05, 0.1) is 11.2 Å². The van der Waals surface area contributed by atoms with E-state index in [-0.39, 0.29) is 11.5 Å². The fourth-order valence-electron chi connectivity index (χ4n) is 4.38. The van der Waals surface area contributed by atoms with E-state index in [1.807, 2.05) is 12.3 Å². The average Bonchev–Trinajstić information content (AvgIpc) is 3.04. The summed E-state index contributed by atoms with van der Waals surface area (Å²) in [6.45, 7) is 1.70. The van der Waals surface area contributed by atoms with Gasteiger partial charge in [0.2, 0.25) is 5.95 Å². The first-order chi connectivity index (χ1) is 14.6. The van der Waals surface area contributed by atoms with Gasteiger partial charge in [-0.15, -0.1) is 10.2 Å². The van der Waals surface area contributed by atoms with Gasteiger partial charge in [-0.25, -0.2) is 9.97 Å². The molecule has 2 aliphatic rings. The van der Waals surface area contributed by atoms with Crippen LogP contribution in [0.5, 0.6) is 0 Å². The third-order valence-corrected chi connectivity index (χ3v) is 7.57. The van der Waals surface area contributed by atoms with Crippen molar-refractivity contribution >= 4 is 35.1 Å². The number of hydrogen-bond donors (Lipinski definition) is 2. The van der Waals surface area contributed by atoms with Crippen molar-refractivity contribution in [1.29, 1.82) is 0 Å². The van der Waals surface area contributed by atoms with Gasteiger partial charge in [0, 0.05) is 42.1 Å². The quantitative estimate of drug-likeness (QED) is 0.633. The molecular weight excluding hydrogens is 420 g/mol. The van der Waals surface area contributed by atoms with Crippen LogP contribution in [0.1, 0.15) is 30.1 Å². The van der Waals surface area contributed by atoms with Crippen molar-refractivity contribution in [3.8, 4) is 0 Å². The van der Waals surface area contributed by atoms with Crippen molar-refractivity contribution in [2.45, 2.75) is 35.2 Å². The first-order valence-corrected chi connectivity index (χ1v) is 11.0. The van der Waals surface area contributed by atoms with E-state index in [1.165, 1.54) is 17.3 Å². The second-order valence-corrected chi connectivity index (χ2v) is 9.19. The Kier molecular flexibility index (Phi) is 4.96. The minimum Gasteiger partial charge on any atom is -0.382 e. The average molecular weight is 441 g/mol. The summed E-state index contributed by atoms with van der Waals surface area (Å²) in [5.74, 6) is 0.931. The highest BCUT2D eigenvalue weighted by atomic mass is 35.5. The number of rotatable bonds is 3.